The second kappa shape index (κ2) is 5.07. The zero-order valence-electron chi connectivity index (χ0n) is 10.0. The van der Waals surface area contributed by atoms with Crippen LogP contribution in [-0.2, 0) is 18.9 Å². The molecule has 0 bridgehead atoms. The SMILES string of the molecule is COc1ccc(S(=O)(=O)C(C)C)cc1S(=O)(=O)Cl. The minimum Gasteiger partial charge on any atom is -0.495 e. The third-order valence-corrected chi connectivity index (χ3v) is 5.84. The Morgan fingerprint density at radius 3 is 2.11 bits per heavy atom. The highest BCUT2D eigenvalue weighted by Gasteiger charge is 2.24. The zero-order valence-corrected chi connectivity index (χ0v) is 12.4. The lowest BCUT2D eigenvalue weighted by Crippen LogP contribution is -2.14. The lowest BCUT2D eigenvalue weighted by molar-refractivity contribution is 0.402. The van der Waals surface area contributed by atoms with Gasteiger partial charge in [0.25, 0.3) is 9.05 Å². The number of halogens is 1. The summed E-state index contributed by atoms with van der Waals surface area (Å²) in [7, 11) is -1.12. The standard InChI is InChI=1S/C10H13ClO5S2/c1-7(2)17(12,13)8-4-5-9(16-3)10(6-8)18(11,14)15/h4-7H,1-3H3. The minimum atomic E-state index is -4.07. The fourth-order valence-corrected chi connectivity index (χ4v) is 3.48. The number of ether oxygens (including phenoxy) is 1. The third kappa shape index (κ3) is 2.96. The number of benzene rings is 1. The van der Waals surface area contributed by atoms with E-state index in [-0.39, 0.29) is 15.5 Å². The van der Waals surface area contributed by atoms with Gasteiger partial charge in [-0.25, -0.2) is 16.8 Å². The normalized spacial score (nSPS) is 12.7. The molecular weight excluding hydrogens is 300 g/mol. The molecule has 0 saturated carbocycles. The maximum atomic E-state index is 11.9. The molecule has 0 spiro atoms. The Morgan fingerprint density at radius 1 is 1.17 bits per heavy atom. The highest BCUT2D eigenvalue weighted by atomic mass is 35.7. The van der Waals surface area contributed by atoms with Gasteiger partial charge in [0.2, 0.25) is 0 Å². The molecule has 8 heteroatoms. The van der Waals surface area contributed by atoms with Crippen molar-refractivity contribution in [1.29, 1.82) is 0 Å². The predicted molar refractivity (Wildman–Crippen MR) is 68.4 cm³/mol. The molecule has 1 aromatic carbocycles. The predicted octanol–water partition coefficient (Wildman–Crippen LogP) is 1.80. The van der Waals surface area contributed by atoms with Gasteiger partial charge in [-0.3, -0.25) is 0 Å². The lowest BCUT2D eigenvalue weighted by Gasteiger charge is -2.11. The van der Waals surface area contributed by atoms with Crippen LogP contribution >= 0.6 is 10.7 Å². The largest absolute Gasteiger partial charge is 0.495 e. The van der Waals surface area contributed by atoms with Crippen LogP contribution < -0.4 is 4.74 Å². The van der Waals surface area contributed by atoms with Crippen LogP contribution in [0.4, 0.5) is 0 Å². The van der Waals surface area contributed by atoms with Crippen LogP contribution in [0.3, 0.4) is 0 Å². The van der Waals surface area contributed by atoms with E-state index < -0.39 is 24.1 Å². The van der Waals surface area contributed by atoms with Crippen molar-refractivity contribution in [2.45, 2.75) is 28.9 Å². The van der Waals surface area contributed by atoms with Crippen molar-refractivity contribution in [3.05, 3.63) is 18.2 Å². The van der Waals surface area contributed by atoms with Gasteiger partial charge < -0.3 is 4.74 Å². The van der Waals surface area contributed by atoms with Gasteiger partial charge >= 0.3 is 0 Å². The molecule has 0 aliphatic carbocycles. The maximum absolute atomic E-state index is 11.9. The van der Waals surface area contributed by atoms with Gasteiger partial charge in [0.15, 0.2) is 9.84 Å². The first-order chi connectivity index (χ1) is 8.10. The molecule has 1 rings (SSSR count). The highest BCUT2D eigenvalue weighted by Crippen LogP contribution is 2.30. The van der Waals surface area contributed by atoms with Gasteiger partial charge in [0, 0.05) is 10.7 Å². The molecule has 0 aliphatic rings. The van der Waals surface area contributed by atoms with Crippen molar-refractivity contribution in [3.8, 4) is 5.75 Å². The molecule has 0 fully saturated rings. The number of sulfone groups is 1. The Bertz CT molecular complexity index is 647. The first kappa shape index (κ1) is 15.3. The van der Waals surface area contributed by atoms with Crippen molar-refractivity contribution in [1.82, 2.24) is 0 Å². The molecule has 0 aromatic heterocycles. The van der Waals surface area contributed by atoms with Gasteiger partial charge in [-0.15, -0.1) is 0 Å². The second-order valence-electron chi connectivity index (χ2n) is 3.84. The van der Waals surface area contributed by atoms with Crippen molar-refractivity contribution < 1.29 is 21.6 Å². The summed E-state index contributed by atoms with van der Waals surface area (Å²) in [6.45, 7) is 3.02. The van der Waals surface area contributed by atoms with E-state index >= 15 is 0 Å². The van der Waals surface area contributed by atoms with Crippen molar-refractivity contribution in [2.75, 3.05) is 7.11 Å². The van der Waals surface area contributed by atoms with E-state index in [0.717, 1.165) is 6.07 Å². The Morgan fingerprint density at radius 2 is 1.72 bits per heavy atom. The molecule has 18 heavy (non-hydrogen) atoms. The summed E-state index contributed by atoms with van der Waals surface area (Å²) >= 11 is 0. The van der Waals surface area contributed by atoms with E-state index in [2.05, 4.69) is 0 Å². The Balaban J connectivity index is 3.56. The summed E-state index contributed by atoms with van der Waals surface area (Å²) in [5, 5.41) is -0.656. The smallest absolute Gasteiger partial charge is 0.265 e. The molecule has 0 atom stereocenters. The number of hydrogen-bond acceptors (Lipinski definition) is 5. The molecule has 0 unspecified atom stereocenters. The van der Waals surface area contributed by atoms with Gasteiger partial charge in [-0.2, -0.15) is 0 Å². The molecule has 1 aromatic rings. The number of rotatable bonds is 4. The molecule has 0 saturated heterocycles. The third-order valence-electron chi connectivity index (χ3n) is 2.35. The van der Waals surface area contributed by atoms with Gasteiger partial charge in [-0.1, -0.05) is 0 Å². The van der Waals surface area contributed by atoms with Gasteiger partial charge in [0.05, 0.1) is 17.3 Å². The Hall–Kier alpha value is -0.790. The van der Waals surface area contributed by atoms with E-state index in [1.807, 2.05) is 0 Å². The summed E-state index contributed by atoms with van der Waals surface area (Å²) in [5.74, 6) is 0.00714. The molecule has 102 valence electrons. The van der Waals surface area contributed by atoms with Crippen LogP contribution in [0.2, 0.25) is 0 Å². The van der Waals surface area contributed by atoms with E-state index in [1.165, 1.54) is 33.1 Å². The summed E-state index contributed by atoms with van der Waals surface area (Å²) in [6, 6.07) is 3.57. The highest BCUT2D eigenvalue weighted by molar-refractivity contribution is 8.13. The van der Waals surface area contributed by atoms with Gasteiger partial charge in [-0.05, 0) is 32.0 Å². The fraction of sp³-hybridized carbons (Fsp3) is 0.400. The van der Waals surface area contributed by atoms with Crippen molar-refractivity contribution in [3.63, 3.8) is 0 Å². The van der Waals surface area contributed by atoms with Gasteiger partial charge in [0.1, 0.15) is 10.6 Å². The second-order valence-corrected chi connectivity index (χ2v) is 8.88. The van der Waals surface area contributed by atoms with Crippen LogP contribution in [0.15, 0.2) is 28.0 Å². The number of methoxy groups -OCH3 is 1. The van der Waals surface area contributed by atoms with Crippen LogP contribution in [0.25, 0.3) is 0 Å². The van der Waals surface area contributed by atoms with Crippen LogP contribution in [0.5, 0.6) is 5.75 Å². The summed E-state index contributed by atoms with van der Waals surface area (Å²) in [5.41, 5.74) is 0. The Kier molecular flexibility index (Phi) is 4.30. The molecule has 5 nitrogen and oxygen atoms in total. The summed E-state index contributed by atoms with van der Waals surface area (Å²) in [4.78, 5) is -0.453. The molecule has 0 amide bonds. The number of hydrogen-bond donors (Lipinski definition) is 0. The van der Waals surface area contributed by atoms with Crippen molar-refractivity contribution >= 4 is 29.6 Å². The average molecular weight is 313 g/mol. The lowest BCUT2D eigenvalue weighted by atomic mass is 10.3. The van der Waals surface area contributed by atoms with Crippen LogP contribution in [0, 0.1) is 0 Å². The summed E-state index contributed by atoms with van der Waals surface area (Å²) in [6.07, 6.45) is 0. The average Bonchev–Trinajstić information content (AvgIpc) is 2.26. The monoisotopic (exact) mass is 312 g/mol. The quantitative estimate of drug-likeness (QED) is 0.792. The zero-order chi connectivity index (χ0) is 14.1. The first-order valence-electron chi connectivity index (χ1n) is 4.97. The van der Waals surface area contributed by atoms with Crippen molar-refractivity contribution in [2.24, 2.45) is 0 Å². The molecule has 0 heterocycles. The fourth-order valence-electron chi connectivity index (χ4n) is 1.30. The van der Waals surface area contributed by atoms with E-state index in [0.29, 0.717) is 0 Å². The van der Waals surface area contributed by atoms with E-state index in [1.54, 1.807) is 0 Å². The van der Waals surface area contributed by atoms with Crippen LogP contribution in [0.1, 0.15) is 13.8 Å². The van der Waals surface area contributed by atoms with Crippen LogP contribution in [-0.4, -0.2) is 29.2 Å². The maximum Gasteiger partial charge on any atom is 0.265 e. The van der Waals surface area contributed by atoms with E-state index in [4.69, 9.17) is 15.4 Å². The molecule has 0 N–H and O–H groups in total. The minimum absolute atomic E-state index is 0.00714. The first-order valence-corrected chi connectivity index (χ1v) is 8.83. The molecule has 0 radical (unpaired) electrons. The van der Waals surface area contributed by atoms with E-state index in [9.17, 15) is 16.8 Å². The molecular formula is C10H13ClO5S2. The topological polar surface area (TPSA) is 77.5 Å². The molecule has 0 aliphatic heterocycles. The summed E-state index contributed by atoms with van der Waals surface area (Å²) < 4.78 is 51.4. The Labute approximate surface area is 111 Å².